The van der Waals surface area contributed by atoms with Crippen LogP contribution in [0, 0.1) is 5.92 Å². The second-order valence-electron chi connectivity index (χ2n) is 12.4. The first-order chi connectivity index (χ1) is 22.9. The Morgan fingerprint density at radius 3 is 2.04 bits per heavy atom. The number of aliphatic hydroxyl groups is 1. The Labute approximate surface area is 288 Å². The van der Waals surface area contributed by atoms with Crippen LogP contribution in [0.25, 0.3) is 0 Å². The molecule has 2 amide bonds. The van der Waals surface area contributed by atoms with Gasteiger partial charge in [0.1, 0.15) is 21.6 Å². The molecule has 3 atom stereocenters. The Morgan fingerprint density at radius 2 is 1.48 bits per heavy atom. The number of aliphatic carboxylic acids is 1. The van der Waals surface area contributed by atoms with E-state index in [0.717, 1.165) is 56.9 Å². The summed E-state index contributed by atoms with van der Waals surface area (Å²) < 4.78 is 35.3. The molecule has 0 spiro atoms. The number of unbranched alkanes of at least 4 members (excludes halogenated alkanes) is 9. The molecule has 0 bridgehead atoms. The highest BCUT2D eigenvalue weighted by Crippen LogP contribution is 2.26. The predicted octanol–water partition coefficient (Wildman–Crippen LogP) is 5.00. The van der Waals surface area contributed by atoms with Crippen LogP contribution >= 0.6 is 0 Å². The number of allylic oxidation sites excluding steroid dienone is 1. The SMILES string of the molecule is CCCCCCCS(=O)(=O)CCCCCCC=C[C@H](C(=O)N[C@@H](Cc1ccc(OCCCC)cc1)C(=O)NC)[C@@](O)(CCOC)C(=O)O. The molecule has 0 aliphatic heterocycles. The van der Waals surface area contributed by atoms with E-state index in [4.69, 9.17) is 9.47 Å². The van der Waals surface area contributed by atoms with Crippen molar-refractivity contribution >= 4 is 27.6 Å². The molecule has 0 saturated heterocycles. The molecule has 4 N–H and O–H groups in total. The maximum atomic E-state index is 13.6. The average molecular weight is 697 g/mol. The molecule has 12 heteroatoms. The van der Waals surface area contributed by atoms with Crippen molar-refractivity contribution in [3.05, 3.63) is 42.0 Å². The van der Waals surface area contributed by atoms with Gasteiger partial charge in [-0.05, 0) is 49.8 Å². The summed E-state index contributed by atoms with van der Waals surface area (Å²) >= 11 is 0. The smallest absolute Gasteiger partial charge is 0.336 e. The summed E-state index contributed by atoms with van der Waals surface area (Å²) in [6, 6.07) is 6.16. The number of amides is 2. The van der Waals surface area contributed by atoms with Gasteiger partial charge in [-0.3, -0.25) is 9.59 Å². The molecule has 274 valence electrons. The van der Waals surface area contributed by atoms with Gasteiger partial charge in [0.15, 0.2) is 5.60 Å². The molecule has 0 aliphatic carbocycles. The lowest BCUT2D eigenvalue weighted by molar-refractivity contribution is -0.168. The van der Waals surface area contributed by atoms with Crippen molar-refractivity contribution in [2.45, 2.75) is 115 Å². The van der Waals surface area contributed by atoms with Crippen LogP contribution in [0.15, 0.2) is 36.4 Å². The number of carboxylic acids is 1. The first-order valence-electron chi connectivity index (χ1n) is 17.5. The van der Waals surface area contributed by atoms with Crippen molar-refractivity contribution in [3.8, 4) is 5.75 Å². The lowest BCUT2D eigenvalue weighted by atomic mass is 9.83. The Bertz CT molecular complexity index is 1200. The van der Waals surface area contributed by atoms with E-state index in [9.17, 15) is 33.0 Å². The van der Waals surface area contributed by atoms with E-state index in [0.29, 0.717) is 38.0 Å². The minimum absolute atomic E-state index is 0.104. The minimum Gasteiger partial charge on any atom is -0.494 e. The van der Waals surface area contributed by atoms with Crippen LogP contribution < -0.4 is 15.4 Å². The van der Waals surface area contributed by atoms with E-state index < -0.39 is 45.2 Å². The van der Waals surface area contributed by atoms with Gasteiger partial charge in [-0.2, -0.15) is 0 Å². The van der Waals surface area contributed by atoms with Gasteiger partial charge in [-0.1, -0.05) is 83.1 Å². The predicted molar refractivity (Wildman–Crippen MR) is 189 cm³/mol. The Hall–Kier alpha value is -2.96. The van der Waals surface area contributed by atoms with E-state index in [1.807, 2.05) is 0 Å². The quantitative estimate of drug-likeness (QED) is 0.0696. The van der Waals surface area contributed by atoms with E-state index in [-0.39, 0.29) is 31.0 Å². The number of hydrogen-bond acceptors (Lipinski definition) is 8. The number of nitrogens with one attached hydrogen (secondary N) is 2. The molecule has 0 saturated carbocycles. The van der Waals surface area contributed by atoms with Gasteiger partial charge >= 0.3 is 5.97 Å². The molecule has 0 aromatic heterocycles. The molecular weight excluding hydrogens is 636 g/mol. The van der Waals surface area contributed by atoms with Gasteiger partial charge in [0.05, 0.1) is 24.0 Å². The number of rotatable bonds is 28. The lowest BCUT2D eigenvalue weighted by Gasteiger charge is -2.31. The van der Waals surface area contributed by atoms with Crippen molar-refractivity contribution in [2.24, 2.45) is 5.92 Å². The molecule has 11 nitrogen and oxygen atoms in total. The van der Waals surface area contributed by atoms with E-state index >= 15 is 0 Å². The molecule has 1 rings (SSSR count). The molecule has 48 heavy (non-hydrogen) atoms. The number of carbonyl (C=O) groups excluding carboxylic acids is 2. The summed E-state index contributed by atoms with van der Waals surface area (Å²) in [4.78, 5) is 38.7. The lowest BCUT2D eigenvalue weighted by Crippen LogP contribution is -2.56. The van der Waals surface area contributed by atoms with E-state index in [2.05, 4.69) is 24.5 Å². The summed E-state index contributed by atoms with van der Waals surface area (Å²) in [5.41, 5.74) is -1.72. The summed E-state index contributed by atoms with van der Waals surface area (Å²) in [6.07, 6.45) is 13.0. The first-order valence-corrected chi connectivity index (χ1v) is 19.3. The zero-order valence-electron chi connectivity index (χ0n) is 29.5. The van der Waals surface area contributed by atoms with Crippen molar-refractivity contribution in [1.82, 2.24) is 10.6 Å². The number of carbonyl (C=O) groups is 3. The summed E-state index contributed by atoms with van der Waals surface area (Å²) in [6.45, 7) is 4.69. The Balaban J connectivity index is 2.89. The largest absolute Gasteiger partial charge is 0.494 e. The van der Waals surface area contributed by atoms with Gasteiger partial charge in [0.2, 0.25) is 11.8 Å². The summed E-state index contributed by atoms with van der Waals surface area (Å²) in [5.74, 6) is -3.25. The zero-order chi connectivity index (χ0) is 35.8. The number of benzene rings is 1. The van der Waals surface area contributed by atoms with Crippen LogP contribution in [0.4, 0.5) is 0 Å². The number of carboxylic acid groups (broad SMARTS) is 1. The fourth-order valence-electron chi connectivity index (χ4n) is 5.25. The number of methoxy groups -OCH3 is 1. The standard InChI is InChI=1S/C36H60N2O9S/c1-5-7-9-13-16-26-48(44,45)27-17-14-11-10-12-15-18-31(36(43,35(41)42)23-25-46-4)33(39)38-32(34(40)37-3)28-29-19-21-30(22-20-29)47-24-8-6-2/h15,18-22,31-32,43H,5-14,16-17,23-28H2,1-4H3,(H,37,40)(H,38,39)(H,41,42)/t31-,32+,36+/m1/s1. The van der Waals surface area contributed by atoms with Gasteiger partial charge in [0.25, 0.3) is 0 Å². The molecule has 0 fully saturated rings. The molecule has 1 aromatic rings. The van der Waals surface area contributed by atoms with E-state index in [1.54, 1.807) is 30.3 Å². The monoisotopic (exact) mass is 696 g/mol. The third kappa shape index (κ3) is 16.9. The molecule has 1 aromatic carbocycles. The Morgan fingerprint density at radius 1 is 0.875 bits per heavy atom. The normalized spacial score (nSPS) is 14.3. The van der Waals surface area contributed by atoms with Gasteiger partial charge in [-0.15, -0.1) is 0 Å². The van der Waals surface area contributed by atoms with Crippen LogP contribution in [0.5, 0.6) is 5.75 Å². The highest BCUT2D eigenvalue weighted by molar-refractivity contribution is 7.91. The van der Waals surface area contributed by atoms with Crippen LogP contribution in [0.2, 0.25) is 0 Å². The zero-order valence-corrected chi connectivity index (χ0v) is 30.3. The van der Waals surface area contributed by atoms with Crippen LogP contribution in [0.1, 0.15) is 103 Å². The number of hydrogen-bond donors (Lipinski definition) is 4. The number of ether oxygens (including phenoxy) is 2. The maximum absolute atomic E-state index is 13.6. The fourth-order valence-corrected chi connectivity index (χ4v) is 6.74. The van der Waals surface area contributed by atoms with Gasteiger partial charge in [-0.25, -0.2) is 13.2 Å². The molecule has 0 radical (unpaired) electrons. The van der Waals surface area contributed by atoms with Crippen molar-refractivity contribution < 1.29 is 42.5 Å². The highest BCUT2D eigenvalue weighted by atomic mass is 32.2. The summed E-state index contributed by atoms with van der Waals surface area (Å²) in [5, 5.41) is 26.5. The average Bonchev–Trinajstić information content (AvgIpc) is 3.06. The first kappa shape index (κ1) is 43.1. The van der Waals surface area contributed by atoms with Gasteiger partial charge in [0, 0.05) is 33.6 Å². The highest BCUT2D eigenvalue weighted by Gasteiger charge is 2.47. The van der Waals surface area contributed by atoms with Gasteiger partial charge < -0.3 is 30.3 Å². The van der Waals surface area contributed by atoms with Crippen LogP contribution in [-0.2, 0) is 35.4 Å². The van der Waals surface area contributed by atoms with Crippen molar-refractivity contribution in [1.29, 1.82) is 0 Å². The molecular formula is C36H60N2O9S. The number of sulfone groups is 1. The minimum atomic E-state index is -3.05. The number of likely N-dealkylation sites (N-methyl/N-ethyl adjacent to an activating group) is 1. The second-order valence-corrected chi connectivity index (χ2v) is 14.7. The van der Waals surface area contributed by atoms with Crippen molar-refractivity contribution in [3.63, 3.8) is 0 Å². The van der Waals surface area contributed by atoms with E-state index in [1.165, 1.54) is 20.2 Å². The van der Waals surface area contributed by atoms with Crippen LogP contribution in [0.3, 0.4) is 0 Å². The maximum Gasteiger partial charge on any atom is 0.336 e. The molecule has 0 aliphatic rings. The molecule has 0 unspecified atom stereocenters. The topological polar surface area (TPSA) is 168 Å². The van der Waals surface area contributed by atoms with Crippen molar-refractivity contribution in [2.75, 3.05) is 38.9 Å². The third-order valence-corrected chi connectivity index (χ3v) is 10.1. The third-order valence-electron chi connectivity index (χ3n) is 8.33. The second kappa shape index (κ2) is 24.2. The van der Waals surface area contributed by atoms with Crippen LogP contribution in [-0.4, -0.2) is 86.9 Å². The molecule has 0 heterocycles. The fraction of sp³-hybridized carbons (Fsp3) is 0.694. The Kier molecular flexibility index (Phi) is 21.7. The summed E-state index contributed by atoms with van der Waals surface area (Å²) in [7, 11) is -0.237.